The van der Waals surface area contributed by atoms with E-state index in [1.807, 2.05) is 6.07 Å². The molecule has 0 unspecified atom stereocenters. The molecule has 0 atom stereocenters. The first-order valence-corrected chi connectivity index (χ1v) is 8.29. The van der Waals surface area contributed by atoms with Crippen LogP contribution in [0, 0.1) is 0 Å². The van der Waals surface area contributed by atoms with Gasteiger partial charge in [-0.25, -0.2) is 4.98 Å². The molecule has 0 spiro atoms. The zero-order valence-corrected chi connectivity index (χ0v) is 14.0. The molecule has 2 N–H and O–H groups in total. The third-order valence-electron chi connectivity index (χ3n) is 4.49. The minimum Gasteiger partial charge on any atom is -0.384 e. The first-order valence-electron chi connectivity index (χ1n) is 7.49. The maximum absolute atomic E-state index is 5.62. The van der Waals surface area contributed by atoms with Crippen LogP contribution in [-0.4, -0.2) is 15.1 Å². The number of nitrogens with two attached hydrogens (primary N) is 1. The number of aromatic nitrogens is 3. The van der Waals surface area contributed by atoms with Gasteiger partial charge < -0.3 is 10.3 Å². The number of hydrogen-bond donors (Lipinski definition) is 1. The summed E-state index contributed by atoms with van der Waals surface area (Å²) in [4.78, 5) is 8.71. The first-order chi connectivity index (χ1) is 11.2. The Morgan fingerprint density at radius 3 is 2.48 bits per heavy atom. The summed E-state index contributed by atoms with van der Waals surface area (Å²) in [6.07, 6.45) is 4.89. The van der Waals surface area contributed by atoms with Gasteiger partial charge in [0.25, 0.3) is 5.89 Å². The molecule has 0 amide bonds. The normalized spacial score (nSPS) is 16.0. The molecule has 6 heteroatoms. The molecule has 1 aliphatic carbocycles. The maximum Gasteiger partial charge on any atom is 0.259 e. The first kappa shape index (κ1) is 14.4. The molecule has 23 heavy (non-hydrogen) atoms. The van der Waals surface area contributed by atoms with Crippen LogP contribution in [0.2, 0.25) is 0 Å². The Kier molecular flexibility index (Phi) is 3.41. The third-order valence-corrected chi connectivity index (χ3v) is 5.02. The zero-order chi connectivity index (χ0) is 15.9. The minimum absolute atomic E-state index is 0.135. The molecular formula is C17H15BrN4O. The highest BCUT2D eigenvalue weighted by Crippen LogP contribution is 2.48. The Morgan fingerprint density at radius 1 is 1.09 bits per heavy atom. The van der Waals surface area contributed by atoms with Crippen molar-refractivity contribution in [1.82, 2.24) is 15.1 Å². The molecule has 4 rings (SSSR count). The molecule has 1 fully saturated rings. The Balaban J connectivity index is 1.72. The molecule has 1 aliphatic rings. The lowest BCUT2D eigenvalue weighted by Gasteiger charge is -2.39. The molecule has 0 saturated heterocycles. The molecule has 2 aromatic heterocycles. The maximum atomic E-state index is 5.62. The molecule has 116 valence electrons. The van der Waals surface area contributed by atoms with Crippen LogP contribution in [-0.2, 0) is 5.41 Å². The van der Waals surface area contributed by atoms with Crippen molar-refractivity contribution in [3.05, 3.63) is 58.5 Å². The van der Waals surface area contributed by atoms with Gasteiger partial charge in [-0.05, 0) is 42.7 Å². The fourth-order valence-corrected chi connectivity index (χ4v) is 3.27. The van der Waals surface area contributed by atoms with Crippen molar-refractivity contribution >= 4 is 21.7 Å². The van der Waals surface area contributed by atoms with Gasteiger partial charge in [-0.2, -0.15) is 4.98 Å². The fraction of sp³-hybridized carbons (Fsp3) is 0.235. The Labute approximate surface area is 142 Å². The summed E-state index contributed by atoms with van der Waals surface area (Å²) in [5, 5.41) is 4.25. The molecule has 1 aromatic carbocycles. The Bertz CT molecular complexity index is 823. The SMILES string of the molecule is Nc1ccc(-c2nc(C3(c4ccc(Br)cc4)CCC3)no2)cn1. The standard InChI is InChI=1S/C17H15BrN4O/c18-13-5-3-12(4-6-13)17(8-1-9-17)16-21-15(23-22-16)11-2-7-14(19)20-10-11/h2-7,10H,1,8-9H2,(H2,19,20). The smallest absolute Gasteiger partial charge is 0.259 e. The molecule has 0 bridgehead atoms. The largest absolute Gasteiger partial charge is 0.384 e. The second-order valence-corrected chi connectivity index (χ2v) is 6.75. The van der Waals surface area contributed by atoms with Gasteiger partial charge in [-0.15, -0.1) is 0 Å². The van der Waals surface area contributed by atoms with E-state index in [1.54, 1.807) is 12.3 Å². The van der Waals surface area contributed by atoms with Crippen LogP contribution < -0.4 is 5.73 Å². The van der Waals surface area contributed by atoms with Gasteiger partial charge >= 0.3 is 0 Å². The average molecular weight is 371 g/mol. The van der Waals surface area contributed by atoms with Gasteiger partial charge in [0.05, 0.1) is 11.0 Å². The van der Waals surface area contributed by atoms with E-state index in [9.17, 15) is 0 Å². The summed E-state index contributed by atoms with van der Waals surface area (Å²) in [5.74, 6) is 1.70. The number of hydrogen-bond acceptors (Lipinski definition) is 5. The minimum atomic E-state index is -0.135. The van der Waals surface area contributed by atoms with Gasteiger partial charge in [0, 0.05) is 10.7 Å². The topological polar surface area (TPSA) is 77.8 Å². The summed E-state index contributed by atoms with van der Waals surface area (Å²) in [6.45, 7) is 0. The number of halogens is 1. The van der Waals surface area contributed by atoms with Gasteiger partial charge in [-0.1, -0.05) is 39.6 Å². The fourth-order valence-electron chi connectivity index (χ4n) is 3.01. The van der Waals surface area contributed by atoms with E-state index in [2.05, 4.69) is 55.3 Å². The number of pyridine rings is 1. The highest BCUT2D eigenvalue weighted by molar-refractivity contribution is 9.10. The van der Waals surface area contributed by atoms with Crippen molar-refractivity contribution in [3.8, 4) is 11.5 Å². The van der Waals surface area contributed by atoms with Crippen molar-refractivity contribution < 1.29 is 4.52 Å². The van der Waals surface area contributed by atoms with Crippen LogP contribution >= 0.6 is 15.9 Å². The molecule has 5 nitrogen and oxygen atoms in total. The van der Waals surface area contributed by atoms with E-state index in [1.165, 1.54) is 12.0 Å². The number of anilines is 1. The van der Waals surface area contributed by atoms with Crippen LogP contribution in [0.5, 0.6) is 0 Å². The Morgan fingerprint density at radius 2 is 1.87 bits per heavy atom. The Hall–Kier alpha value is -2.21. The molecule has 2 heterocycles. The number of nitrogens with zero attached hydrogens (tertiary/aromatic N) is 3. The van der Waals surface area contributed by atoms with Crippen molar-refractivity contribution in [2.75, 3.05) is 5.73 Å². The van der Waals surface area contributed by atoms with Gasteiger partial charge in [0.1, 0.15) is 5.82 Å². The monoisotopic (exact) mass is 370 g/mol. The lowest BCUT2D eigenvalue weighted by molar-refractivity contribution is 0.273. The van der Waals surface area contributed by atoms with E-state index < -0.39 is 0 Å². The van der Waals surface area contributed by atoms with Crippen molar-refractivity contribution in [2.24, 2.45) is 0 Å². The summed E-state index contributed by atoms with van der Waals surface area (Å²) in [7, 11) is 0. The summed E-state index contributed by atoms with van der Waals surface area (Å²) in [6, 6.07) is 11.9. The van der Waals surface area contributed by atoms with E-state index in [0.29, 0.717) is 11.7 Å². The van der Waals surface area contributed by atoms with Crippen LogP contribution in [0.15, 0.2) is 51.6 Å². The summed E-state index contributed by atoms with van der Waals surface area (Å²) >= 11 is 3.48. The molecule has 0 radical (unpaired) electrons. The number of nitrogen functional groups attached to an aromatic ring is 1. The van der Waals surface area contributed by atoms with Crippen molar-refractivity contribution in [3.63, 3.8) is 0 Å². The average Bonchev–Trinajstić information content (AvgIpc) is 2.99. The number of rotatable bonds is 3. The highest BCUT2D eigenvalue weighted by Gasteiger charge is 2.44. The molecule has 0 aliphatic heterocycles. The van der Waals surface area contributed by atoms with E-state index in [0.717, 1.165) is 28.7 Å². The second kappa shape index (κ2) is 5.45. The summed E-state index contributed by atoms with van der Waals surface area (Å²) < 4.78 is 6.53. The van der Waals surface area contributed by atoms with Gasteiger partial charge in [0.2, 0.25) is 0 Å². The van der Waals surface area contributed by atoms with Crippen molar-refractivity contribution in [1.29, 1.82) is 0 Å². The lowest BCUT2D eigenvalue weighted by Crippen LogP contribution is -2.36. The van der Waals surface area contributed by atoms with E-state index in [4.69, 9.17) is 10.3 Å². The zero-order valence-electron chi connectivity index (χ0n) is 12.4. The quantitative estimate of drug-likeness (QED) is 0.754. The second-order valence-electron chi connectivity index (χ2n) is 5.84. The third kappa shape index (κ3) is 2.43. The van der Waals surface area contributed by atoms with Gasteiger partial charge in [-0.3, -0.25) is 0 Å². The van der Waals surface area contributed by atoms with Crippen LogP contribution in [0.3, 0.4) is 0 Å². The molecule has 1 saturated carbocycles. The van der Waals surface area contributed by atoms with E-state index >= 15 is 0 Å². The lowest BCUT2D eigenvalue weighted by atomic mass is 9.64. The van der Waals surface area contributed by atoms with E-state index in [-0.39, 0.29) is 5.41 Å². The van der Waals surface area contributed by atoms with Crippen LogP contribution in [0.25, 0.3) is 11.5 Å². The van der Waals surface area contributed by atoms with Gasteiger partial charge in [0.15, 0.2) is 5.82 Å². The highest BCUT2D eigenvalue weighted by atomic mass is 79.9. The molecule has 3 aromatic rings. The van der Waals surface area contributed by atoms with Crippen LogP contribution in [0.1, 0.15) is 30.7 Å². The predicted octanol–water partition coefficient (Wildman–Crippen LogP) is 3.95. The predicted molar refractivity (Wildman–Crippen MR) is 90.7 cm³/mol. The summed E-state index contributed by atoms with van der Waals surface area (Å²) in [5.41, 5.74) is 7.49. The molecular weight excluding hydrogens is 356 g/mol. The number of benzene rings is 1. The van der Waals surface area contributed by atoms with Crippen molar-refractivity contribution in [2.45, 2.75) is 24.7 Å². The van der Waals surface area contributed by atoms with Crippen LogP contribution in [0.4, 0.5) is 5.82 Å².